The van der Waals surface area contributed by atoms with Crippen LogP contribution >= 0.6 is 0 Å². The number of hydrogen-bond donors (Lipinski definition) is 0. The molecule has 0 aromatic heterocycles. The van der Waals surface area contributed by atoms with Gasteiger partial charge in [0.1, 0.15) is 13.2 Å². The van der Waals surface area contributed by atoms with Crippen molar-refractivity contribution >= 4 is 17.9 Å². The average molecular weight is 1070 g/mol. The van der Waals surface area contributed by atoms with Crippen molar-refractivity contribution in [3.8, 4) is 0 Å². The van der Waals surface area contributed by atoms with E-state index in [0.717, 1.165) is 64.2 Å². The van der Waals surface area contributed by atoms with Gasteiger partial charge in [0.25, 0.3) is 0 Å². The molecule has 0 aromatic rings. The first-order valence-corrected chi connectivity index (χ1v) is 31.9. The molecule has 0 saturated heterocycles. The van der Waals surface area contributed by atoms with Crippen molar-refractivity contribution in [3.63, 3.8) is 0 Å². The largest absolute Gasteiger partial charge is 0.545 e. The van der Waals surface area contributed by atoms with Gasteiger partial charge in [-0.3, -0.25) is 9.59 Å². The van der Waals surface area contributed by atoms with Gasteiger partial charge in [0.2, 0.25) is 0 Å². The van der Waals surface area contributed by atoms with Gasteiger partial charge in [-0.15, -0.1) is 0 Å². The number of esters is 2. The number of nitrogens with zero attached hydrogens (tertiary/aromatic N) is 1. The summed E-state index contributed by atoms with van der Waals surface area (Å²) in [7, 11) is 5.93. The molecule has 0 N–H and O–H groups in total. The number of carbonyl (C=O) groups is 3. The second-order valence-corrected chi connectivity index (χ2v) is 22.7. The van der Waals surface area contributed by atoms with Gasteiger partial charge in [0.15, 0.2) is 12.4 Å². The van der Waals surface area contributed by atoms with Crippen LogP contribution in [0.5, 0.6) is 0 Å². The summed E-state index contributed by atoms with van der Waals surface area (Å²) < 4.78 is 22.7. The summed E-state index contributed by atoms with van der Waals surface area (Å²) >= 11 is 0. The van der Waals surface area contributed by atoms with Gasteiger partial charge in [-0.25, -0.2) is 0 Å². The van der Waals surface area contributed by atoms with Crippen LogP contribution < -0.4 is 5.11 Å². The van der Waals surface area contributed by atoms with Crippen molar-refractivity contribution in [3.05, 3.63) is 60.8 Å². The number of aliphatic carboxylic acids is 1. The topological polar surface area (TPSA) is 111 Å². The molecule has 0 saturated carbocycles. The van der Waals surface area contributed by atoms with Crippen molar-refractivity contribution in [1.82, 2.24) is 0 Å². The molecule has 0 aliphatic rings. The third-order valence-corrected chi connectivity index (χ3v) is 14.0. The Morgan fingerprint density at radius 2 is 0.750 bits per heavy atom. The first-order valence-electron chi connectivity index (χ1n) is 31.9. The Labute approximate surface area is 469 Å². The van der Waals surface area contributed by atoms with Crippen molar-refractivity contribution in [2.24, 2.45) is 0 Å². The van der Waals surface area contributed by atoms with Crippen LogP contribution in [0.4, 0.5) is 0 Å². The maximum Gasteiger partial charge on any atom is 0.306 e. The standard InChI is InChI=1S/C67H121NO8/c1-6-8-10-12-14-16-18-20-22-23-24-25-26-27-28-29-30-31-32-33-34-35-36-37-38-39-40-41-42-43-44-46-48-50-52-54-56-58-65(70)76-63(62-75-67(66(71)72)73-60-59-68(3,4)5)61-74-64(69)57-55-53-51-49-47-45-21-19-17-15-13-11-9-7-2/h8,10,14,16,20,22,24-25,27-28,63,67H,6-7,9,11-13,15,17-19,21,23,26,29-62H2,1-5H3/b10-8-,16-14-,22-20-,25-24-,28-27-. The minimum absolute atomic E-state index is 0.150. The predicted molar refractivity (Wildman–Crippen MR) is 320 cm³/mol. The molecule has 0 bridgehead atoms. The highest BCUT2D eigenvalue weighted by atomic mass is 16.7. The Kier molecular flexibility index (Phi) is 55.8. The third kappa shape index (κ3) is 58.7. The first kappa shape index (κ1) is 73.0. The Balaban J connectivity index is 4.00. The van der Waals surface area contributed by atoms with Gasteiger partial charge in [-0.2, -0.15) is 0 Å². The first-order chi connectivity index (χ1) is 37.1. The molecule has 0 amide bonds. The quantitative estimate of drug-likeness (QED) is 0.0195. The van der Waals surface area contributed by atoms with E-state index in [-0.39, 0.29) is 32.2 Å². The normalized spacial score (nSPS) is 13.1. The Bertz CT molecular complexity index is 1430. The van der Waals surface area contributed by atoms with Crippen LogP contribution in [0.2, 0.25) is 0 Å². The summed E-state index contributed by atoms with van der Waals surface area (Å²) in [6.45, 7) is 4.67. The van der Waals surface area contributed by atoms with E-state index >= 15 is 0 Å². The Hall–Kier alpha value is -3.01. The van der Waals surface area contributed by atoms with E-state index in [1.807, 2.05) is 21.1 Å². The lowest BCUT2D eigenvalue weighted by Gasteiger charge is -2.26. The molecule has 0 fully saturated rings. The molecule has 0 aromatic carbocycles. The van der Waals surface area contributed by atoms with Crippen molar-refractivity contribution in [1.29, 1.82) is 0 Å². The van der Waals surface area contributed by atoms with Crippen molar-refractivity contribution in [2.75, 3.05) is 47.5 Å². The molecule has 9 heteroatoms. The Morgan fingerprint density at radius 3 is 1.12 bits per heavy atom. The van der Waals surface area contributed by atoms with Gasteiger partial charge < -0.3 is 33.3 Å². The highest BCUT2D eigenvalue weighted by Gasteiger charge is 2.22. The Morgan fingerprint density at radius 1 is 0.408 bits per heavy atom. The van der Waals surface area contributed by atoms with Crippen LogP contribution in [0.3, 0.4) is 0 Å². The summed E-state index contributed by atoms with van der Waals surface area (Å²) in [5, 5.41) is 11.8. The SMILES string of the molecule is CC/C=C\C/C=C\C/C=C\C/C=C\C/C=C\CCCCCCCCCCCCCCCCCCCCCCCC(=O)OC(COC(=O)CCCCCCCCCCCCCCCC)COC(OCC[N+](C)(C)C)C(=O)[O-]. The highest BCUT2D eigenvalue weighted by Crippen LogP contribution is 2.18. The number of quaternary nitrogens is 1. The lowest BCUT2D eigenvalue weighted by atomic mass is 10.0. The highest BCUT2D eigenvalue weighted by molar-refractivity contribution is 5.70. The summed E-state index contributed by atoms with van der Waals surface area (Å²) in [6.07, 6.45) is 71.6. The molecule has 442 valence electrons. The zero-order valence-corrected chi connectivity index (χ0v) is 50.4. The molecule has 0 aliphatic heterocycles. The minimum Gasteiger partial charge on any atom is -0.545 e. The number of allylic oxidation sites excluding steroid dienone is 10. The van der Waals surface area contributed by atoms with Gasteiger partial charge in [-0.1, -0.05) is 280 Å². The van der Waals surface area contributed by atoms with Gasteiger partial charge in [0.05, 0.1) is 40.3 Å². The van der Waals surface area contributed by atoms with Gasteiger partial charge in [-0.05, 0) is 57.8 Å². The zero-order valence-electron chi connectivity index (χ0n) is 50.4. The van der Waals surface area contributed by atoms with E-state index in [0.29, 0.717) is 23.9 Å². The van der Waals surface area contributed by atoms with Gasteiger partial charge in [0, 0.05) is 12.8 Å². The molecule has 2 atom stereocenters. The third-order valence-electron chi connectivity index (χ3n) is 14.0. The maximum absolute atomic E-state index is 12.9. The van der Waals surface area contributed by atoms with Crippen LogP contribution in [-0.2, 0) is 33.3 Å². The second kappa shape index (κ2) is 58.1. The number of carbonyl (C=O) groups excluding carboxylic acids is 3. The van der Waals surface area contributed by atoms with E-state index < -0.39 is 24.3 Å². The van der Waals surface area contributed by atoms with Crippen LogP contribution in [-0.4, -0.2) is 82.3 Å². The molecule has 0 heterocycles. The summed E-state index contributed by atoms with van der Waals surface area (Å²) in [5.41, 5.74) is 0. The molecular weight excluding hydrogens is 947 g/mol. The lowest BCUT2D eigenvalue weighted by Crippen LogP contribution is -2.44. The molecule has 0 spiro atoms. The van der Waals surface area contributed by atoms with Crippen LogP contribution in [0.25, 0.3) is 0 Å². The predicted octanol–water partition coefficient (Wildman–Crippen LogP) is 17.9. The smallest absolute Gasteiger partial charge is 0.306 e. The van der Waals surface area contributed by atoms with E-state index in [9.17, 15) is 19.5 Å². The number of hydrogen-bond acceptors (Lipinski definition) is 8. The molecule has 0 aliphatic carbocycles. The number of carboxylic acid groups (broad SMARTS) is 1. The fraction of sp³-hybridized carbons (Fsp3) is 0.806. The van der Waals surface area contributed by atoms with Crippen molar-refractivity contribution < 1.29 is 42.9 Å². The second-order valence-electron chi connectivity index (χ2n) is 22.7. The fourth-order valence-electron chi connectivity index (χ4n) is 9.15. The average Bonchev–Trinajstić information content (AvgIpc) is 3.39. The number of ether oxygens (including phenoxy) is 4. The maximum atomic E-state index is 12.9. The minimum atomic E-state index is -1.62. The lowest BCUT2D eigenvalue weighted by molar-refractivity contribution is -0.870. The number of unbranched alkanes of at least 4 members (excludes halogenated alkanes) is 34. The van der Waals surface area contributed by atoms with Crippen LogP contribution in [0.15, 0.2) is 60.8 Å². The summed E-state index contributed by atoms with van der Waals surface area (Å²) in [5.74, 6) is -2.26. The molecule has 2 unspecified atom stereocenters. The molecule has 9 nitrogen and oxygen atoms in total. The van der Waals surface area contributed by atoms with Crippen molar-refractivity contribution in [2.45, 2.75) is 302 Å². The van der Waals surface area contributed by atoms with E-state index in [1.54, 1.807) is 0 Å². The molecule has 0 radical (unpaired) electrons. The number of likely N-dealkylation sites (N-methyl/N-ethyl adjacent to an activating group) is 1. The van der Waals surface area contributed by atoms with E-state index in [2.05, 4.69) is 74.6 Å². The summed E-state index contributed by atoms with van der Waals surface area (Å²) in [6, 6.07) is 0. The number of carboxylic acids is 1. The molecule has 76 heavy (non-hydrogen) atoms. The fourth-order valence-corrected chi connectivity index (χ4v) is 9.15. The van der Waals surface area contributed by atoms with E-state index in [1.165, 1.54) is 193 Å². The molecular formula is C67H121NO8. The van der Waals surface area contributed by atoms with Crippen LogP contribution in [0.1, 0.15) is 290 Å². The van der Waals surface area contributed by atoms with E-state index in [4.69, 9.17) is 18.9 Å². The summed E-state index contributed by atoms with van der Waals surface area (Å²) in [4.78, 5) is 37.3. The molecule has 0 rings (SSSR count). The van der Waals surface area contributed by atoms with Gasteiger partial charge >= 0.3 is 11.9 Å². The monoisotopic (exact) mass is 1070 g/mol. The number of rotatable bonds is 59. The zero-order chi connectivity index (χ0) is 55.5. The van der Waals surface area contributed by atoms with Crippen LogP contribution in [0, 0.1) is 0 Å².